The molecule has 0 bridgehead atoms. The van der Waals surface area contributed by atoms with Crippen LogP contribution in [0.25, 0.3) is 0 Å². The third-order valence-electron chi connectivity index (χ3n) is 4.42. The van der Waals surface area contributed by atoms with Crippen molar-refractivity contribution in [3.8, 4) is 0 Å². The van der Waals surface area contributed by atoms with E-state index >= 15 is 0 Å². The van der Waals surface area contributed by atoms with Crippen LogP contribution in [0.5, 0.6) is 0 Å². The summed E-state index contributed by atoms with van der Waals surface area (Å²) in [6, 6.07) is 0. The van der Waals surface area contributed by atoms with E-state index in [1.807, 2.05) is 5.57 Å². The number of rotatable bonds is 1. The van der Waals surface area contributed by atoms with E-state index in [-0.39, 0.29) is 21.7 Å². The first-order valence-corrected chi connectivity index (χ1v) is 6.70. The molecule has 0 aromatic heterocycles. The first-order chi connectivity index (χ1) is 7.42. The van der Waals surface area contributed by atoms with Crippen LogP contribution in [0.2, 0.25) is 0 Å². The molecule has 0 aromatic carbocycles. The summed E-state index contributed by atoms with van der Waals surface area (Å²) in [4.78, 5) is 0. The predicted octanol–water partition coefficient (Wildman–Crippen LogP) is 4.58. The minimum Gasteiger partial charge on any atom is -0.226 e. The van der Waals surface area contributed by atoms with Crippen molar-refractivity contribution in [3.05, 3.63) is 28.7 Å². The Bertz CT molecular complexity index is 303. The molecular formula is C15H21Ti-. The quantitative estimate of drug-likeness (QED) is 0.471. The summed E-state index contributed by atoms with van der Waals surface area (Å²) in [7, 11) is 0. The van der Waals surface area contributed by atoms with Crippen LogP contribution >= 0.6 is 0 Å². The van der Waals surface area contributed by atoms with Crippen molar-refractivity contribution in [2.75, 3.05) is 0 Å². The fourth-order valence-electron chi connectivity index (χ4n) is 3.79. The molecule has 0 N–H and O–H groups in total. The molecule has 3 aliphatic carbocycles. The average Bonchev–Trinajstić information content (AvgIpc) is 2.63. The number of hydrogen-bond donors (Lipinski definition) is 0. The summed E-state index contributed by atoms with van der Waals surface area (Å²) in [5, 5.41) is 0. The Kier molecular flexibility index (Phi) is 4.03. The fourth-order valence-corrected chi connectivity index (χ4v) is 3.79. The summed E-state index contributed by atoms with van der Waals surface area (Å²) in [6.07, 6.45) is 13.6. The number of allylic oxidation sites excluding steroid dienone is 4. The van der Waals surface area contributed by atoms with Crippen LogP contribution in [0.15, 0.2) is 22.3 Å². The first-order valence-electron chi connectivity index (χ1n) is 6.70. The van der Waals surface area contributed by atoms with Gasteiger partial charge in [-0.1, -0.05) is 31.8 Å². The molecule has 1 unspecified atom stereocenters. The van der Waals surface area contributed by atoms with Gasteiger partial charge >= 0.3 is 0 Å². The van der Waals surface area contributed by atoms with Gasteiger partial charge in [-0.2, -0.15) is 5.57 Å². The zero-order valence-corrected chi connectivity index (χ0v) is 11.9. The molecule has 0 aromatic rings. The van der Waals surface area contributed by atoms with Gasteiger partial charge in [-0.3, -0.25) is 0 Å². The van der Waals surface area contributed by atoms with Crippen LogP contribution in [0.3, 0.4) is 0 Å². The van der Waals surface area contributed by atoms with Crippen LogP contribution < -0.4 is 0 Å². The summed E-state index contributed by atoms with van der Waals surface area (Å²) in [5.41, 5.74) is 7.17. The second-order valence-electron chi connectivity index (χ2n) is 5.20. The van der Waals surface area contributed by atoms with Crippen molar-refractivity contribution in [2.24, 2.45) is 5.92 Å². The zero-order chi connectivity index (χ0) is 10.3. The fraction of sp³-hybridized carbons (Fsp3) is 0.667. The van der Waals surface area contributed by atoms with E-state index in [0.717, 1.165) is 5.92 Å². The first kappa shape index (κ1) is 12.5. The summed E-state index contributed by atoms with van der Waals surface area (Å²) in [6.45, 7) is 2.36. The van der Waals surface area contributed by atoms with Gasteiger partial charge in [-0.05, 0) is 31.6 Å². The van der Waals surface area contributed by atoms with E-state index in [1.54, 1.807) is 16.7 Å². The largest absolute Gasteiger partial charge is 0.226 e. The summed E-state index contributed by atoms with van der Waals surface area (Å²) >= 11 is 0. The van der Waals surface area contributed by atoms with Crippen LogP contribution in [-0.2, 0) is 21.7 Å². The minimum absolute atomic E-state index is 0. The van der Waals surface area contributed by atoms with Gasteiger partial charge in [0.1, 0.15) is 0 Å². The van der Waals surface area contributed by atoms with Crippen molar-refractivity contribution in [1.82, 2.24) is 0 Å². The standard InChI is InChI=1S/C15H21.Ti/c1-2-11-12-7-3-5-9-14(12)15-10-6-4-8-13(11)15;/h7,11H,2-6,8-10H2,1H3;/q-1;. The van der Waals surface area contributed by atoms with Crippen molar-refractivity contribution in [3.63, 3.8) is 0 Å². The Morgan fingerprint density at radius 1 is 1.06 bits per heavy atom. The molecule has 0 saturated heterocycles. The molecule has 0 spiro atoms. The number of hydrogen-bond acceptors (Lipinski definition) is 0. The zero-order valence-electron chi connectivity index (χ0n) is 10.3. The van der Waals surface area contributed by atoms with Gasteiger partial charge < -0.3 is 0 Å². The Morgan fingerprint density at radius 3 is 2.62 bits per heavy atom. The van der Waals surface area contributed by atoms with Crippen LogP contribution in [-0.4, -0.2) is 0 Å². The molecule has 0 nitrogen and oxygen atoms in total. The molecule has 0 fully saturated rings. The van der Waals surface area contributed by atoms with Crippen molar-refractivity contribution < 1.29 is 21.7 Å². The predicted molar refractivity (Wildman–Crippen MR) is 64.5 cm³/mol. The molecule has 0 saturated carbocycles. The van der Waals surface area contributed by atoms with Gasteiger partial charge in [0.25, 0.3) is 0 Å². The molecule has 1 atom stereocenters. The topological polar surface area (TPSA) is 0 Å². The van der Waals surface area contributed by atoms with Gasteiger partial charge in [0.15, 0.2) is 0 Å². The maximum Gasteiger partial charge on any atom is 0 e. The molecule has 1 heteroatoms. The van der Waals surface area contributed by atoms with Gasteiger partial charge in [0.2, 0.25) is 0 Å². The Balaban J connectivity index is 0.000000963. The third-order valence-corrected chi connectivity index (χ3v) is 4.42. The van der Waals surface area contributed by atoms with Gasteiger partial charge in [0.05, 0.1) is 0 Å². The molecule has 86 valence electrons. The average molecular weight is 249 g/mol. The molecule has 3 rings (SSSR count). The summed E-state index contributed by atoms with van der Waals surface area (Å²) in [5.74, 6) is 0.829. The third kappa shape index (κ3) is 1.85. The minimum atomic E-state index is 0. The monoisotopic (exact) mass is 249 g/mol. The maximum atomic E-state index is 2.55. The van der Waals surface area contributed by atoms with E-state index in [9.17, 15) is 0 Å². The smallest absolute Gasteiger partial charge is 0 e. The van der Waals surface area contributed by atoms with E-state index in [2.05, 4.69) is 13.3 Å². The van der Waals surface area contributed by atoms with Gasteiger partial charge in [0, 0.05) is 21.7 Å². The SMILES string of the molecule is CCC1C2=C(CCC[CH-]2)C2=C1CCCC2.[Ti]. The maximum absolute atomic E-state index is 2.55. The Morgan fingerprint density at radius 2 is 1.81 bits per heavy atom. The van der Waals surface area contributed by atoms with Gasteiger partial charge in [-0.15, -0.1) is 12.0 Å². The molecule has 0 radical (unpaired) electrons. The van der Waals surface area contributed by atoms with Crippen LogP contribution in [0.4, 0.5) is 0 Å². The van der Waals surface area contributed by atoms with E-state index in [0.29, 0.717) is 0 Å². The Hall–Kier alpha value is 0.0643. The Labute approximate surface area is 114 Å². The molecule has 0 aliphatic heterocycles. The van der Waals surface area contributed by atoms with Gasteiger partial charge in [-0.25, -0.2) is 12.0 Å². The normalized spacial score (nSPS) is 28.2. The van der Waals surface area contributed by atoms with Crippen LogP contribution in [0.1, 0.15) is 58.3 Å². The molecule has 3 aliphatic rings. The number of fused-ring (bicyclic) bond motifs is 1. The van der Waals surface area contributed by atoms with E-state index < -0.39 is 0 Å². The molecular weight excluding hydrogens is 228 g/mol. The second kappa shape index (κ2) is 5.15. The van der Waals surface area contributed by atoms with Crippen molar-refractivity contribution >= 4 is 0 Å². The van der Waals surface area contributed by atoms with Crippen molar-refractivity contribution in [2.45, 2.75) is 58.3 Å². The molecule has 0 heterocycles. The van der Waals surface area contributed by atoms with Crippen molar-refractivity contribution in [1.29, 1.82) is 0 Å². The summed E-state index contributed by atoms with van der Waals surface area (Å²) < 4.78 is 0. The van der Waals surface area contributed by atoms with E-state index in [1.165, 1.54) is 51.4 Å². The second-order valence-corrected chi connectivity index (χ2v) is 5.20. The molecule has 0 amide bonds. The van der Waals surface area contributed by atoms with E-state index in [4.69, 9.17) is 0 Å². The van der Waals surface area contributed by atoms with Crippen LogP contribution in [0, 0.1) is 12.3 Å². The molecule has 16 heavy (non-hydrogen) atoms.